The number of carbonyl (C=O) groups excluding carboxylic acids is 3. The van der Waals surface area contributed by atoms with Gasteiger partial charge in [0.05, 0.1) is 11.8 Å². The van der Waals surface area contributed by atoms with Gasteiger partial charge in [-0.05, 0) is 43.2 Å². The number of piperidine rings is 1. The van der Waals surface area contributed by atoms with Gasteiger partial charge in [-0.2, -0.15) is 0 Å². The minimum Gasteiger partial charge on any atom is -0.342 e. The number of hydrogen-bond acceptors (Lipinski definition) is 3. The third-order valence-electron chi connectivity index (χ3n) is 5.74. The number of carbonyl (C=O) groups is 3. The Hall–Kier alpha value is -2.86. The van der Waals surface area contributed by atoms with E-state index in [4.69, 9.17) is 11.6 Å². The summed E-state index contributed by atoms with van der Waals surface area (Å²) in [6, 6.07) is 16.4. The predicted molar refractivity (Wildman–Crippen MR) is 116 cm³/mol. The fourth-order valence-corrected chi connectivity index (χ4v) is 4.37. The SMILES string of the molecule is O=C(Nc1ccccc1)C1CCCN(C(=O)C2CC(=O)N(c3cccc(Cl)c3)C2)C1. The average Bonchev–Trinajstić information content (AvgIpc) is 3.15. The number of anilines is 2. The Labute approximate surface area is 180 Å². The van der Waals surface area contributed by atoms with Crippen LogP contribution in [0, 0.1) is 11.8 Å². The van der Waals surface area contributed by atoms with Crippen molar-refractivity contribution in [3.8, 4) is 0 Å². The molecule has 2 atom stereocenters. The molecule has 0 bridgehead atoms. The summed E-state index contributed by atoms with van der Waals surface area (Å²) < 4.78 is 0. The molecule has 0 saturated carbocycles. The average molecular weight is 426 g/mol. The fraction of sp³-hybridized carbons (Fsp3) is 0.348. The number of nitrogens with one attached hydrogen (secondary N) is 1. The number of para-hydroxylation sites is 1. The second-order valence-electron chi connectivity index (χ2n) is 7.86. The summed E-state index contributed by atoms with van der Waals surface area (Å²) in [6.07, 6.45) is 1.71. The van der Waals surface area contributed by atoms with Gasteiger partial charge in [-0.3, -0.25) is 14.4 Å². The standard InChI is InChI=1S/C23H24ClN3O3/c24-18-7-4-10-20(13-18)27-15-17(12-21(27)28)23(30)26-11-5-6-16(14-26)22(29)25-19-8-2-1-3-9-19/h1-4,7-10,13,16-17H,5-6,11-12,14-15H2,(H,25,29). The molecule has 2 unspecified atom stereocenters. The van der Waals surface area contributed by atoms with Crippen molar-refractivity contribution in [3.05, 3.63) is 59.6 Å². The van der Waals surface area contributed by atoms with Crippen LogP contribution in [-0.2, 0) is 14.4 Å². The van der Waals surface area contributed by atoms with Gasteiger partial charge in [0.2, 0.25) is 17.7 Å². The summed E-state index contributed by atoms with van der Waals surface area (Å²) in [5.41, 5.74) is 1.46. The van der Waals surface area contributed by atoms with E-state index in [2.05, 4.69) is 5.32 Å². The van der Waals surface area contributed by atoms with Crippen molar-refractivity contribution < 1.29 is 14.4 Å². The molecule has 2 aliphatic rings. The van der Waals surface area contributed by atoms with E-state index in [0.717, 1.165) is 18.5 Å². The van der Waals surface area contributed by atoms with E-state index in [1.54, 1.807) is 28.0 Å². The minimum absolute atomic E-state index is 0.0508. The van der Waals surface area contributed by atoms with E-state index in [0.29, 0.717) is 30.3 Å². The monoisotopic (exact) mass is 425 g/mol. The van der Waals surface area contributed by atoms with Crippen LogP contribution in [0.2, 0.25) is 5.02 Å². The van der Waals surface area contributed by atoms with Crippen molar-refractivity contribution in [1.82, 2.24) is 4.90 Å². The lowest BCUT2D eigenvalue weighted by molar-refractivity contribution is -0.138. The van der Waals surface area contributed by atoms with Crippen LogP contribution in [-0.4, -0.2) is 42.3 Å². The highest BCUT2D eigenvalue weighted by molar-refractivity contribution is 6.31. The molecule has 2 fully saturated rings. The van der Waals surface area contributed by atoms with Gasteiger partial charge >= 0.3 is 0 Å². The summed E-state index contributed by atoms with van der Waals surface area (Å²) in [6.45, 7) is 1.35. The molecule has 2 heterocycles. The maximum Gasteiger partial charge on any atom is 0.229 e. The molecule has 4 rings (SSSR count). The quantitative estimate of drug-likeness (QED) is 0.814. The van der Waals surface area contributed by atoms with Crippen LogP contribution < -0.4 is 10.2 Å². The highest BCUT2D eigenvalue weighted by Crippen LogP contribution is 2.29. The maximum atomic E-state index is 13.1. The van der Waals surface area contributed by atoms with Gasteiger partial charge in [-0.15, -0.1) is 0 Å². The van der Waals surface area contributed by atoms with E-state index in [1.165, 1.54) is 0 Å². The molecule has 0 radical (unpaired) electrons. The van der Waals surface area contributed by atoms with Gasteiger partial charge in [-0.1, -0.05) is 35.9 Å². The van der Waals surface area contributed by atoms with E-state index in [-0.39, 0.29) is 30.1 Å². The molecule has 7 heteroatoms. The smallest absolute Gasteiger partial charge is 0.229 e. The first-order chi connectivity index (χ1) is 14.5. The summed E-state index contributed by atoms with van der Waals surface area (Å²) >= 11 is 6.04. The topological polar surface area (TPSA) is 69.7 Å². The van der Waals surface area contributed by atoms with Crippen LogP contribution in [0.3, 0.4) is 0 Å². The largest absolute Gasteiger partial charge is 0.342 e. The summed E-state index contributed by atoms with van der Waals surface area (Å²) in [5, 5.41) is 3.48. The Morgan fingerprint density at radius 1 is 1.00 bits per heavy atom. The highest BCUT2D eigenvalue weighted by Gasteiger charge is 2.39. The third kappa shape index (κ3) is 4.49. The van der Waals surface area contributed by atoms with Crippen LogP contribution >= 0.6 is 11.6 Å². The van der Waals surface area contributed by atoms with Gasteiger partial charge in [0.1, 0.15) is 0 Å². The zero-order chi connectivity index (χ0) is 21.1. The fourth-order valence-electron chi connectivity index (χ4n) is 4.18. The number of benzene rings is 2. The van der Waals surface area contributed by atoms with Gasteiger partial charge in [0.15, 0.2) is 0 Å². The summed E-state index contributed by atoms with van der Waals surface area (Å²) in [5.74, 6) is -0.839. The van der Waals surface area contributed by atoms with E-state index < -0.39 is 5.92 Å². The third-order valence-corrected chi connectivity index (χ3v) is 5.97. The van der Waals surface area contributed by atoms with Gasteiger partial charge < -0.3 is 15.1 Å². The van der Waals surface area contributed by atoms with Crippen molar-refractivity contribution >= 4 is 40.7 Å². The van der Waals surface area contributed by atoms with E-state index in [1.807, 2.05) is 36.4 Å². The van der Waals surface area contributed by atoms with Crippen LogP contribution in [0.25, 0.3) is 0 Å². The Kier molecular flexibility index (Phi) is 6.04. The second-order valence-corrected chi connectivity index (χ2v) is 8.30. The van der Waals surface area contributed by atoms with Crippen molar-refractivity contribution in [2.45, 2.75) is 19.3 Å². The van der Waals surface area contributed by atoms with Gasteiger partial charge in [0, 0.05) is 42.5 Å². The molecular weight excluding hydrogens is 402 g/mol. The lowest BCUT2D eigenvalue weighted by Gasteiger charge is -2.33. The molecular formula is C23H24ClN3O3. The molecule has 1 N–H and O–H groups in total. The number of likely N-dealkylation sites (tertiary alicyclic amines) is 1. The first kappa shape index (κ1) is 20.4. The number of rotatable bonds is 4. The van der Waals surface area contributed by atoms with Gasteiger partial charge in [-0.25, -0.2) is 0 Å². The Morgan fingerprint density at radius 3 is 2.57 bits per heavy atom. The Balaban J connectivity index is 1.38. The zero-order valence-corrected chi connectivity index (χ0v) is 17.3. The van der Waals surface area contributed by atoms with Crippen LogP contribution in [0.15, 0.2) is 54.6 Å². The predicted octanol–water partition coefficient (Wildman–Crippen LogP) is 3.57. The minimum atomic E-state index is -0.396. The highest BCUT2D eigenvalue weighted by atomic mass is 35.5. The molecule has 2 saturated heterocycles. The molecule has 6 nitrogen and oxygen atoms in total. The maximum absolute atomic E-state index is 13.1. The normalized spacial score (nSPS) is 21.6. The van der Waals surface area contributed by atoms with Crippen LogP contribution in [0.5, 0.6) is 0 Å². The Bertz CT molecular complexity index is 950. The zero-order valence-electron chi connectivity index (χ0n) is 16.6. The number of hydrogen-bond donors (Lipinski definition) is 1. The van der Waals surface area contributed by atoms with Crippen molar-refractivity contribution in [2.75, 3.05) is 29.9 Å². The van der Waals surface area contributed by atoms with Crippen molar-refractivity contribution in [1.29, 1.82) is 0 Å². The molecule has 2 aliphatic heterocycles. The molecule has 2 aromatic rings. The molecule has 0 aliphatic carbocycles. The molecule has 3 amide bonds. The first-order valence-corrected chi connectivity index (χ1v) is 10.6. The summed E-state index contributed by atoms with van der Waals surface area (Å²) in [7, 11) is 0. The van der Waals surface area contributed by atoms with E-state index in [9.17, 15) is 14.4 Å². The summed E-state index contributed by atoms with van der Waals surface area (Å²) in [4.78, 5) is 41.6. The molecule has 0 spiro atoms. The molecule has 0 aromatic heterocycles. The van der Waals surface area contributed by atoms with Gasteiger partial charge in [0.25, 0.3) is 0 Å². The lowest BCUT2D eigenvalue weighted by atomic mass is 9.95. The molecule has 2 aromatic carbocycles. The number of halogens is 1. The van der Waals surface area contributed by atoms with E-state index >= 15 is 0 Å². The molecule has 30 heavy (non-hydrogen) atoms. The van der Waals surface area contributed by atoms with Crippen molar-refractivity contribution in [2.24, 2.45) is 11.8 Å². The second kappa shape index (κ2) is 8.88. The first-order valence-electron chi connectivity index (χ1n) is 10.2. The van der Waals surface area contributed by atoms with Crippen LogP contribution in [0.4, 0.5) is 11.4 Å². The van der Waals surface area contributed by atoms with Crippen LogP contribution in [0.1, 0.15) is 19.3 Å². The van der Waals surface area contributed by atoms with Crippen molar-refractivity contribution in [3.63, 3.8) is 0 Å². The Morgan fingerprint density at radius 2 is 1.80 bits per heavy atom. The molecule has 156 valence electrons. The number of nitrogens with zero attached hydrogens (tertiary/aromatic N) is 2. The lowest BCUT2D eigenvalue weighted by Crippen LogP contribution is -2.46. The number of amides is 3.